The van der Waals surface area contributed by atoms with Crippen LogP contribution in [0.15, 0.2) is 36.7 Å². The maximum Gasteiger partial charge on any atom is 0.319 e. The minimum Gasteiger partial charge on any atom is -0.497 e. The van der Waals surface area contributed by atoms with Crippen molar-refractivity contribution in [1.82, 2.24) is 19.4 Å². The van der Waals surface area contributed by atoms with Gasteiger partial charge in [0.1, 0.15) is 11.6 Å². The predicted octanol–water partition coefficient (Wildman–Crippen LogP) is 2.07. The second-order valence-electron chi connectivity index (χ2n) is 6.77. The van der Waals surface area contributed by atoms with Crippen molar-refractivity contribution in [2.45, 2.75) is 13.1 Å². The molecule has 2 heterocycles. The third kappa shape index (κ3) is 4.78. The smallest absolute Gasteiger partial charge is 0.319 e. The molecule has 0 aliphatic carbocycles. The molecule has 0 saturated carbocycles. The summed E-state index contributed by atoms with van der Waals surface area (Å²) >= 11 is 0. The van der Waals surface area contributed by atoms with Gasteiger partial charge in [0.25, 0.3) is 0 Å². The number of benzene rings is 1. The van der Waals surface area contributed by atoms with Crippen LogP contribution in [0.3, 0.4) is 0 Å². The van der Waals surface area contributed by atoms with Crippen LogP contribution in [0.1, 0.15) is 12.4 Å². The number of carbonyl (C=O) groups is 1. The van der Waals surface area contributed by atoms with Crippen molar-refractivity contribution in [2.24, 2.45) is 0 Å². The molecule has 0 radical (unpaired) electrons. The Labute approximate surface area is 163 Å². The van der Waals surface area contributed by atoms with Crippen molar-refractivity contribution < 1.29 is 18.3 Å². The van der Waals surface area contributed by atoms with Crippen LogP contribution in [0.25, 0.3) is 0 Å². The zero-order chi connectivity index (χ0) is 20.1. The summed E-state index contributed by atoms with van der Waals surface area (Å²) in [4.78, 5) is 22.3. The minimum atomic E-state index is -2.63. The number of ether oxygens (including phenoxy) is 1. The molecule has 0 N–H and O–H groups in total. The van der Waals surface area contributed by atoms with Crippen molar-refractivity contribution in [2.75, 3.05) is 51.8 Å². The highest BCUT2D eigenvalue weighted by atomic mass is 19.3. The molecule has 1 aromatic heterocycles. The van der Waals surface area contributed by atoms with Gasteiger partial charge >= 0.3 is 6.55 Å². The Morgan fingerprint density at radius 1 is 1.21 bits per heavy atom. The van der Waals surface area contributed by atoms with Crippen molar-refractivity contribution >= 4 is 11.6 Å². The number of piperazine rings is 1. The van der Waals surface area contributed by atoms with Crippen LogP contribution in [0.2, 0.25) is 0 Å². The van der Waals surface area contributed by atoms with E-state index in [1.165, 1.54) is 12.4 Å². The molecule has 1 fully saturated rings. The second-order valence-corrected chi connectivity index (χ2v) is 6.77. The molecular weight excluding hydrogens is 368 g/mol. The number of halogens is 2. The number of alkyl halides is 2. The monoisotopic (exact) mass is 393 g/mol. The van der Waals surface area contributed by atoms with Gasteiger partial charge in [-0.3, -0.25) is 14.3 Å². The first kappa shape index (κ1) is 20.1. The largest absolute Gasteiger partial charge is 0.497 e. The lowest BCUT2D eigenvalue weighted by Gasteiger charge is -2.36. The van der Waals surface area contributed by atoms with E-state index in [0.29, 0.717) is 13.1 Å². The number of hydrogen-bond donors (Lipinski definition) is 0. The Hall–Kier alpha value is -2.68. The molecule has 28 heavy (non-hydrogen) atoms. The zero-order valence-corrected chi connectivity index (χ0v) is 16.1. The zero-order valence-electron chi connectivity index (χ0n) is 16.1. The molecule has 3 rings (SSSR count). The fraction of sp³-hybridized carbons (Fsp3) is 0.474. The number of methoxy groups -OCH3 is 1. The highest BCUT2D eigenvalue weighted by molar-refractivity contribution is 5.78. The van der Waals surface area contributed by atoms with Gasteiger partial charge < -0.3 is 14.5 Å². The van der Waals surface area contributed by atoms with E-state index in [4.69, 9.17) is 4.74 Å². The van der Waals surface area contributed by atoms with Gasteiger partial charge in [-0.2, -0.15) is 8.78 Å². The van der Waals surface area contributed by atoms with Crippen LogP contribution in [-0.2, 0) is 11.3 Å². The number of imidazole rings is 1. The maximum atomic E-state index is 12.9. The molecule has 1 aliphatic rings. The Bertz CT molecular complexity index is 773. The molecule has 0 spiro atoms. The molecule has 9 heteroatoms. The van der Waals surface area contributed by atoms with E-state index < -0.39 is 6.55 Å². The summed E-state index contributed by atoms with van der Waals surface area (Å²) in [5.41, 5.74) is 1.10. The van der Waals surface area contributed by atoms with Crippen LogP contribution in [0.5, 0.6) is 5.75 Å². The summed E-state index contributed by atoms with van der Waals surface area (Å²) in [6, 6.07) is 7.86. The number of rotatable bonds is 7. The number of anilines is 1. The molecule has 0 atom stereocenters. The molecule has 0 unspecified atom stereocenters. The third-order valence-electron chi connectivity index (χ3n) is 4.85. The maximum absolute atomic E-state index is 12.9. The van der Waals surface area contributed by atoms with Crippen molar-refractivity contribution in [1.29, 1.82) is 0 Å². The number of aromatic nitrogens is 2. The summed E-state index contributed by atoms with van der Waals surface area (Å²) in [6.07, 6.45) is 2.59. The predicted molar refractivity (Wildman–Crippen MR) is 102 cm³/mol. The number of hydrogen-bond acceptors (Lipinski definition) is 5. The molecule has 1 amide bonds. The molecule has 1 aliphatic heterocycles. The van der Waals surface area contributed by atoms with Crippen LogP contribution in [0.4, 0.5) is 14.5 Å². The topological polar surface area (TPSA) is 53.8 Å². The van der Waals surface area contributed by atoms with E-state index in [0.717, 1.165) is 29.1 Å². The van der Waals surface area contributed by atoms with Gasteiger partial charge in [0.2, 0.25) is 5.91 Å². The molecule has 1 saturated heterocycles. The highest BCUT2D eigenvalue weighted by Gasteiger charge is 2.23. The highest BCUT2D eigenvalue weighted by Crippen LogP contribution is 2.20. The lowest BCUT2D eigenvalue weighted by atomic mass is 10.2. The van der Waals surface area contributed by atoms with Gasteiger partial charge in [-0.25, -0.2) is 4.98 Å². The van der Waals surface area contributed by atoms with Crippen molar-refractivity contribution in [3.63, 3.8) is 0 Å². The minimum absolute atomic E-state index is 0.00738. The molecule has 7 nitrogen and oxygen atoms in total. The molecule has 152 valence electrons. The Morgan fingerprint density at radius 2 is 1.89 bits per heavy atom. The second kappa shape index (κ2) is 9.01. The van der Waals surface area contributed by atoms with Crippen LogP contribution in [-0.4, -0.2) is 72.1 Å². The van der Waals surface area contributed by atoms with Gasteiger partial charge in [-0.1, -0.05) is 0 Å². The van der Waals surface area contributed by atoms with E-state index in [1.807, 2.05) is 29.2 Å². The first-order valence-corrected chi connectivity index (χ1v) is 9.13. The van der Waals surface area contributed by atoms with E-state index in [1.54, 1.807) is 19.1 Å². The van der Waals surface area contributed by atoms with Gasteiger partial charge in [0.15, 0.2) is 0 Å². The van der Waals surface area contributed by atoms with Crippen LogP contribution < -0.4 is 9.64 Å². The fourth-order valence-corrected chi connectivity index (χ4v) is 3.28. The van der Waals surface area contributed by atoms with Gasteiger partial charge in [-0.15, -0.1) is 0 Å². The normalized spacial score (nSPS) is 14.8. The third-order valence-corrected chi connectivity index (χ3v) is 4.85. The van der Waals surface area contributed by atoms with E-state index in [2.05, 4.69) is 9.88 Å². The van der Waals surface area contributed by atoms with E-state index >= 15 is 0 Å². The Morgan fingerprint density at radius 3 is 2.50 bits per heavy atom. The molecule has 2 aromatic rings. The van der Waals surface area contributed by atoms with E-state index in [9.17, 15) is 13.6 Å². The first-order chi connectivity index (χ1) is 13.5. The quantitative estimate of drug-likeness (QED) is 0.721. The van der Waals surface area contributed by atoms with Gasteiger partial charge in [0.05, 0.1) is 20.2 Å². The lowest BCUT2D eigenvalue weighted by molar-refractivity contribution is -0.132. The number of nitrogens with zero attached hydrogens (tertiary/aromatic N) is 5. The summed E-state index contributed by atoms with van der Waals surface area (Å²) in [5.74, 6) is 1.05. The summed E-state index contributed by atoms with van der Waals surface area (Å²) < 4.78 is 31.8. The summed E-state index contributed by atoms with van der Waals surface area (Å²) in [5, 5.41) is 0. The SMILES string of the molecule is COc1ccc(N2CCN(C(=O)CN(C)Cc3nccn3C(F)F)CC2)cc1. The molecule has 1 aromatic carbocycles. The first-order valence-electron chi connectivity index (χ1n) is 9.13. The number of carbonyl (C=O) groups excluding carboxylic acids is 1. The number of amides is 1. The van der Waals surface area contributed by atoms with Gasteiger partial charge in [0, 0.05) is 44.3 Å². The van der Waals surface area contributed by atoms with Crippen LogP contribution in [0, 0.1) is 0 Å². The summed E-state index contributed by atoms with van der Waals surface area (Å²) in [6.45, 7) is 0.477. The summed E-state index contributed by atoms with van der Waals surface area (Å²) in [7, 11) is 3.37. The average Bonchev–Trinajstić information content (AvgIpc) is 3.16. The molecular formula is C19H25F2N5O2. The standard InChI is InChI=1S/C19H25F2N5O2/c1-23(13-17-22-7-8-26(17)19(20)21)14-18(27)25-11-9-24(10-12-25)15-3-5-16(28-2)6-4-15/h3-8,19H,9-14H2,1-2H3. The van der Waals surface area contributed by atoms with E-state index in [-0.39, 0.29) is 24.8 Å². The fourth-order valence-electron chi connectivity index (χ4n) is 3.28. The van der Waals surface area contributed by atoms with Crippen molar-refractivity contribution in [3.05, 3.63) is 42.5 Å². The lowest BCUT2D eigenvalue weighted by Crippen LogP contribution is -2.51. The van der Waals surface area contributed by atoms with Crippen LogP contribution >= 0.6 is 0 Å². The average molecular weight is 393 g/mol. The number of likely N-dealkylation sites (N-methyl/N-ethyl adjacent to an activating group) is 1. The van der Waals surface area contributed by atoms with Crippen molar-refractivity contribution in [3.8, 4) is 5.75 Å². The molecule has 0 bridgehead atoms. The van der Waals surface area contributed by atoms with Gasteiger partial charge in [-0.05, 0) is 31.3 Å². The Balaban J connectivity index is 1.48. The Kier molecular flexibility index (Phi) is 6.45.